The summed E-state index contributed by atoms with van der Waals surface area (Å²) in [4.78, 5) is 11.0. The van der Waals surface area contributed by atoms with Gasteiger partial charge in [-0.05, 0) is 18.7 Å². The number of hydrogen-bond acceptors (Lipinski definition) is 3. The summed E-state index contributed by atoms with van der Waals surface area (Å²) in [6.45, 7) is 2.46. The van der Waals surface area contributed by atoms with Crippen LogP contribution in [0.2, 0.25) is 0 Å². The average Bonchev–Trinajstić information content (AvgIpc) is 2.26. The van der Waals surface area contributed by atoms with Gasteiger partial charge in [0, 0.05) is 0 Å². The van der Waals surface area contributed by atoms with Gasteiger partial charge in [0.15, 0.2) is 11.6 Å². The maximum atomic E-state index is 13.2. The third-order valence-corrected chi connectivity index (χ3v) is 2.04. The van der Waals surface area contributed by atoms with Crippen molar-refractivity contribution in [2.24, 2.45) is 5.73 Å². The van der Waals surface area contributed by atoms with Crippen molar-refractivity contribution < 1.29 is 13.9 Å². The molecule has 1 rings (SSSR count). The molecule has 0 aliphatic heterocycles. The van der Waals surface area contributed by atoms with E-state index in [1.807, 2.05) is 6.92 Å². The van der Waals surface area contributed by atoms with Crippen molar-refractivity contribution in [1.82, 2.24) is 5.32 Å². The molecule has 0 spiro atoms. The molecule has 0 fully saturated rings. The number of hydrogen-bond donors (Lipinski definition) is 2. The lowest BCUT2D eigenvalue weighted by atomic mass is 10.3. The van der Waals surface area contributed by atoms with Crippen molar-refractivity contribution in [2.75, 3.05) is 13.2 Å². The van der Waals surface area contributed by atoms with E-state index in [0.29, 0.717) is 6.54 Å². The second kappa shape index (κ2) is 6.07. The molecule has 0 radical (unpaired) electrons. The van der Waals surface area contributed by atoms with Gasteiger partial charge in [-0.25, -0.2) is 4.39 Å². The molecule has 0 aliphatic carbocycles. The van der Waals surface area contributed by atoms with Crippen molar-refractivity contribution in [3.63, 3.8) is 0 Å². The highest BCUT2D eigenvalue weighted by atomic mass is 19.1. The van der Waals surface area contributed by atoms with Crippen LogP contribution >= 0.6 is 0 Å². The molecule has 0 saturated carbocycles. The average molecular weight is 226 g/mol. The first kappa shape index (κ1) is 12.4. The topological polar surface area (TPSA) is 64.3 Å². The molecule has 88 valence electrons. The molecule has 1 amide bonds. The summed E-state index contributed by atoms with van der Waals surface area (Å²) in [7, 11) is 0. The van der Waals surface area contributed by atoms with Crippen LogP contribution in [0.5, 0.6) is 5.75 Å². The second-order valence-corrected chi connectivity index (χ2v) is 3.25. The Labute approximate surface area is 93.6 Å². The van der Waals surface area contributed by atoms with Gasteiger partial charge in [-0.1, -0.05) is 19.1 Å². The van der Waals surface area contributed by atoms with Crippen molar-refractivity contribution in [1.29, 1.82) is 0 Å². The number of nitrogens with two attached hydrogens (primary N) is 1. The molecule has 5 heteroatoms. The van der Waals surface area contributed by atoms with E-state index in [2.05, 4.69) is 5.32 Å². The summed E-state index contributed by atoms with van der Waals surface area (Å²) < 4.78 is 18.3. The van der Waals surface area contributed by atoms with Gasteiger partial charge in [0.1, 0.15) is 12.6 Å². The van der Waals surface area contributed by atoms with Gasteiger partial charge in [-0.2, -0.15) is 0 Å². The summed E-state index contributed by atoms with van der Waals surface area (Å²) in [5.41, 5.74) is 5.15. The van der Waals surface area contributed by atoms with Gasteiger partial charge in [0.25, 0.3) is 0 Å². The van der Waals surface area contributed by atoms with E-state index < -0.39 is 17.8 Å². The van der Waals surface area contributed by atoms with Gasteiger partial charge in [-0.3, -0.25) is 4.79 Å². The molecule has 0 heterocycles. The van der Waals surface area contributed by atoms with Gasteiger partial charge in [-0.15, -0.1) is 0 Å². The number of ether oxygens (including phenoxy) is 1. The SMILES string of the molecule is CCNC(COc1ccccc1F)C(N)=O. The molecule has 0 saturated heterocycles. The van der Waals surface area contributed by atoms with E-state index in [1.54, 1.807) is 12.1 Å². The first-order valence-corrected chi connectivity index (χ1v) is 5.05. The quantitative estimate of drug-likeness (QED) is 0.749. The van der Waals surface area contributed by atoms with Gasteiger partial charge < -0.3 is 15.8 Å². The zero-order valence-electron chi connectivity index (χ0n) is 9.07. The van der Waals surface area contributed by atoms with Gasteiger partial charge >= 0.3 is 0 Å². The van der Waals surface area contributed by atoms with Gasteiger partial charge in [0.2, 0.25) is 5.91 Å². The highest BCUT2D eigenvalue weighted by Gasteiger charge is 2.15. The normalized spacial score (nSPS) is 12.1. The van der Waals surface area contributed by atoms with E-state index in [1.165, 1.54) is 12.1 Å². The molecule has 4 nitrogen and oxygen atoms in total. The van der Waals surface area contributed by atoms with Crippen molar-refractivity contribution in [3.05, 3.63) is 30.1 Å². The minimum atomic E-state index is -0.607. The second-order valence-electron chi connectivity index (χ2n) is 3.25. The van der Waals surface area contributed by atoms with Gasteiger partial charge in [0.05, 0.1) is 0 Å². The molecule has 3 N–H and O–H groups in total. The largest absolute Gasteiger partial charge is 0.488 e. The van der Waals surface area contributed by atoms with Crippen LogP contribution in [0.4, 0.5) is 4.39 Å². The zero-order chi connectivity index (χ0) is 12.0. The first-order chi connectivity index (χ1) is 7.65. The van der Waals surface area contributed by atoms with Crippen molar-refractivity contribution >= 4 is 5.91 Å². The highest BCUT2D eigenvalue weighted by Crippen LogP contribution is 2.15. The van der Waals surface area contributed by atoms with E-state index in [4.69, 9.17) is 10.5 Å². The number of amides is 1. The number of primary amides is 1. The Kier molecular flexibility index (Phi) is 4.72. The Balaban J connectivity index is 2.55. The number of para-hydroxylation sites is 1. The van der Waals surface area contributed by atoms with Crippen LogP contribution in [0, 0.1) is 5.82 Å². The Morgan fingerprint density at radius 1 is 1.56 bits per heavy atom. The fraction of sp³-hybridized carbons (Fsp3) is 0.364. The van der Waals surface area contributed by atoms with Crippen LogP contribution in [0.15, 0.2) is 24.3 Å². The third-order valence-electron chi connectivity index (χ3n) is 2.04. The Morgan fingerprint density at radius 2 is 2.25 bits per heavy atom. The van der Waals surface area contributed by atoms with Crippen LogP contribution in [0.3, 0.4) is 0 Å². The number of carbonyl (C=O) groups excluding carboxylic acids is 1. The standard InChI is InChI=1S/C11H15FN2O2/c1-2-14-9(11(13)15)7-16-10-6-4-3-5-8(10)12/h3-6,9,14H,2,7H2,1H3,(H2,13,15). The van der Waals surface area contributed by atoms with Crippen molar-refractivity contribution in [3.8, 4) is 5.75 Å². The molecule has 0 bridgehead atoms. The smallest absolute Gasteiger partial charge is 0.238 e. The van der Waals surface area contributed by atoms with Crippen LogP contribution in [-0.4, -0.2) is 25.1 Å². The third kappa shape index (κ3) is 3.51. The molecule has 0 aliphatic rings. The molecular formula is C11H15FN2O2. The van der Waals surface area contributed by atoms with E-state index in [0.717, 1.165) is 0 Å². The maximum Gasteiger partial charge on any atom is 0.238 e. The number of nitrogens with one attached hydrogen (secondary N) is 1. The number of benzene rings is 1. The number of rotatable bonds is 6. The monoisotopic (exact) mass is 226 g/mol. The Hall–Kier alpha value is -1.62. The molecule has 1 unspecified atom stereocenters. The molecule has 1 aromatic carbocycles. The first-order valence-electron chi connectivity index (χ1n) is 5.05. The summed E-state index contributed by atoms with van der Waals surface area (Å²) in [6, 6.07) is 5.41. The number of halogens is 1. The highest BCUT2D eigenvalue weighted by molar-refractivity contribution is 5.80. The number of likely N-dealkylation sites (N-methyl/N-ethyl adjacent to an activating group) is 1. The summed E-state index contributed by atoms with van der Waals surface area (Å²) in [6.07, 6.45) is 0. The minimum Gasteiger partial charge on any atom is -0.488 e. The zero-order valence-corrected chi connectivity index (χ0v) is 9.07. The van der Waals surface area contributed by atoms with E-state index in [-0.39, 0.29) is 12.4 Å². The predicted molar refractivity (Wildman–Crippen MR) is 58.6 cm³/mol. The Bertz CT molecular complexity index is 358. The molecular weight excluding hydrogens is 211 g/mol. The fourth-order valence-electron chi connectivity index (χ4n) is 1.22. The van der Waals surface area contributed by atoms with Crippen molar-refractivity contribution in [2.45, 2.75) is 13.0 Å². The van der Waals surface area contributed by atoms with E-state index in [9.17, 15) is 9.18 Å². The maximum absolute atomic E-state index is 13.2. The molecule has 1 aromatic rings. The molecule has 1 atom stereocenters. The predicted octanol–water partition coefficient (Wildman–Crippen LogP) is 0.668. The fourth-order valence-corrected chi connectivity index (χ4v) is 1.22. The lowest BCUT2D eigenvalue weighted by Gasteiger charge is -2.15. The van der Waals surface area contributed by atoms with E-state index >= 15 is 0 Å². The molecule has 0 aromatic heterocycles. The summed E-state index contributed by atoms with van der Waals surface area (Å²) in [5, 5.41) is 2.85. The van der Waals surface area contributed by atoms with Crippen LogP contribution in [0.25, 0.3) is 0 Å². The molecule has 16 heavy (non-hydrogen) atoms. The summed E-state index contributed by atoms with van der Waals surface area (Å²) in [5.74, 6) is -0.855. The lowest BCUT2D eigenvalue weighted by molar-refractivity contribution is -0.120. The summed E-state index contributed by atoms with van der Waals surface area (Å²) >= 11 is 0. The Morgan fingerprint density at radius 3 is 2.81 bits per heavy atom. The lowest BCUT2D eigenvalue weighted by Crippen LogP contribution is -2.45. The van der Waals surface area contributed by atoms with Crippen LogP contribution < -0.4 is 15.8 Å². The van der Waals surface area contributed by atoms with Crippen LogP contribution in [-0.2, 0) is 4.79 Å². The number of carbonyl (C=O) groups is 1. The van der Waals surface area contributed by atoms with Crippen LogP contribution in [0.1, 0.15) is 6.92 Å². The minimum absolute atomic E-state index is 0.0180.